The number of carbonyl (C=O) groups excluding carboxylic acids is 2. The number of rotatable bonds is 10. The molecule has 51 heavy (non-hydrogen) atoms. The van der Waals surface area contributed by atoms with Gasteiger partial charge in [-0.1, -0.05) is 108 Å². The molecule has 2 atom stereocenters. The van der Waals surface area contributed by atoms with Gasteiger partial charge >= 0.3 is 6.18 Å². The number of alkyl halides is 3. The molecule has 0 bridgehead atoms. The Hall–Kier alpha value is -3.60. The van der Waals surface area contributed by atoms with Crippen LogP contribution in [0.1, 0.15) is 77.2 Å². The monoisotopic (exact) mass is 762 g/mol. The second-order valence-electron chi connectivity index (χ2n) is 13.5. The lowest BCUT2D eigenvalue weighted by Gasteiger charge is -2.41. The van der Waals surface area contributed by atoms with E-state index in [1.54, 1.807) is 18.2 Å². The molecule has 0 aliphatic carbocycles. The minimum Gasteiger partial charge on any atom is -0.343 e. The molecule has 6 nitrogen and oxygen atoms in total. The summed E-state index contributed by atoms with van der Waals surface area (Å²) in [6.07, 6.45) is -4.63. The van der Waals surface area contributed by atoms with Crippen molar-refractivity contribution in [1.82, 2.24) is 20.4 Å². The smallest absolute Gasteiger partial charge is 0.343 e. The number of benzene rings is 4. The van der Waals surface area contributed by atoms with Crippen LogP contribution in [0.4, 0.5) is 13.2 Å². The number of nitrogens with one attached hydrogen (secondary N) is 2. The second-order valence-corrected chi connectivity index (χ2v) is 14.7. The summed E-state index contributed by atoms with van der Waals surface area (Å²) in [4.78, 5) is 29.7. The quantitative estimate of drug-likeness (QED) is 0.169. The van der Waals surface area contributed by atoms with E-state index in [1.807, 2.05) is 108 Å². The highest BCUT2D eigenvalue weighted by Gasteiger charge is 2.38. The van der Waals surface area contributed by atoms with E-state index in [1.165, 1.54) is 12.1 Å². The maximum Gasteiger partial charge on any atom is 0.417 e. The topological polar surface area (TPSA) is 64.7 Å². The lowest BCUT2D eigenvalue weighted by molar-refractivity contribution is -0.137. The maximum atomic E-state index is 13.1. The molecule has 2 amide bonds. The van der Waals surface area contributed by atoms with Crippen LogP contribution in [0.25, 0.3) is 0 Å². The van der Waals surface area contributed by atoms with Crippen LogP contribution in [0.2, 0.25) is 15.1 Å². The van der Waals surface area contributed by atoms with Crippen LogP contribution in [0.5, 0.6) is 0 Å². The molecule has 0 fully saturated rings. The molecule has 0 aromatic heterocycles. The fourth-order valence-electron chi connectivity index (χ4n) is 5.20. The summed E-state index contributed by atoms with van der Waals surface area (Å²) in [6, 6.07) is 26.8. The first-order valence-electron chi connectivity index (χ1n) is 16.1. The van der Waals surface area contributed by atoms with Crippen molar-refractivity contribution in [3.8, 4) is 0 Å². The van der Waals surface area contributed by atoms with Gasteiger partial charge in [0.05, 0.1) is 43.8 Å². The minimum atomic E-state index is -4.63. The molecule has 0 saturated carbocycles. The molecule has 2 unspecified atom stereocenters. The number of likely N-dealkylation sites (N-methyl/N-ethyl adjacent to an activating group) is 2. The first kappa shape index (κ1) is 41.8. The highest BCUT2D eigenvalue weighted by molar-refractivity contribution is 6.39. The summed E-state index contributed by atoms with van der Waals surface area (Å²) in [6.45, 7) is 8.05. The predicted octanol–water partition coefficient (Wildman–Crippen LogP) is 9.97. The van der Waals surface area contributed by atoms with E-state index in [-0.39, 0.29) is 23.1 Å². The zero-order valence-corrected chi connectivity index (χ0v) is 32.1. The lowest BCUT2D eigenvalue weighted by Crippen LogP contribution is -2.50. The van der Waals surface area contributed by atoms with E-state index < -0.39 is 34.3 Å². The summed E-state index contributed by atoms with van der Waals surface area (Å²) >= 11 is 18.3. The van der Waals surface area contributed by atoms with Crippen LogP contribution in [-0.4, -0.2) is 60.9 Å². The van der Waals surface area contributed by atoms with Gasteiger partial charge in [0.1, 0.15) is 0 Å². The summed E-state index contributed by atoms with van der Waals surface area (Å²) in [5, 5.41) is 6.05. The highest BCUT2D eigenvalue weighted by Crippen LogP contribution is 2.37. The van der Waals surface area contributed by atoms with Crippen molar-refractivity contribution in [2.24, 2.45) is 0 Å². The predicted molar refractivity (Wildman–Crippen MR) is 202 cm³/mol. The van der Waals surface area contributed by atoms with Crippen molar-refractivity contribution >= 4 is 46.6 Å². The van der Waals surface area contributed by atoms with Gasteiger partial charge in [0.25, 0.3) is 11.8 Å². The van der Waals surface area contributed by atoms with Gasteiger partial charge in [-0.2, -0.15) is 13.2 Å². The first-order valence-corrected chi connectivity index (χ1v) is 17.2. The molecule has 0 radical (unpaired) electrons. The largest absolute Gasteiger partial charge is 0.417 e. The van der Waals surface area contributed by atoms with Crippen LogP contribution in [0.3, 0.4) is 0 Å². The molecule has 0 aliphatic rings. The molecule has 4 aromatic carbocycles. The molecule has 4 rings (SSSR count). The van der Waals surface area contributed by atoms with Crippen molar-refractivity contribution < 1.29 is 22.8 Å². The number of carbonyl (C=O) groups is 2. The average Bonchev–Trinajstić information content (AvgIpc) is 3.06. The van der Waals surface area contributed by atoms with Crippen molar-refractivity contribution in [3.63, 3.8) is 0 Å². The molecule has 274 valence electrons. The Bertz CT molecular complexity index is 1760. The van der Waals surface area contributed by atoms with Gasteiger partial charge in [0.15, 0.2) is 0 Å². The fraction of sp³-hybridized carbons (Fsp3) is 0.333. The van der Waals surface area contributed by atoms with Crippen LogP contribution in [0.15, 0.2) is 97.1 Å². The van der Waals surface area contributed by atoms with Gasteiger partial charge in [0, 0.05) is 11.1 Å². The summed E-state index contributed by atoms with van der Waals surface area (Å²) in [5.41, 5.74) is 0.106. The molecular formula is C39H44Cl3F3N4O2. The van der Waals surface area contributed by atoms with E-state index in [0.717, 1.165) is 17.2 Å². The van der Waals surface area contributed by atoms with Crippen LogP contribution in [-0.2, 0) is 6.18 Å². The van der Waals surface area contributed by atoms with E-state index in [0.29, 0.717) is 15.6 Å². The molecule has 0 heterocycles. The Morgan fingerprint density at radius 1 is 0.588 bits per heavy atom. The zero-order chi connectivity index (χ0) is 38.3. The van der Waals surface area contributed by atoms with E-state index in [2.05, 4.69) is 29.4 Å². The van der Waals surface area contributed by atoms with E-state index in [4.69, 9.17) is 34.8 Å². The Morgan fingerprint density at radius 3 is 1.37 bits per heavy atom. The van der Waals surface area contributed by atoms with Crippen molar-refractivity contribution in [1.29, 1.82) is 0 Å². The van der Waals surface area contributed by atoms with Gasteiger partial charge in [-0.15, -0.1) is 0 Å². The van der Waals surface area contributed by atoms with Gasteiger partial charge < -0.3 is 20.4 Å². The summed E-state index contributed by atoms with van der Waals surface area (Å²) in [7, 11) is 7.73. The zero-order valence-electron chi connectivity index (χ0n) is 29.9. The first-order chi connectivity index (χ1) is 23.7. The summed E-state index contributed by atoms with van der Waals surface area (Å²) < 4.78 is 39.3. The van der Waals surface area contributed by atoms with Gasteiger partial charge in [-0.25, -0.2) is 0 Å². The molecule has 2 N–H and O–H groups in total. The third kappa shape index (κ3) is 10.3. The Morgan fingerprint density at radius 2 is 0.980 bits per heavy atom. The molecule has 0 aliphatic heterocycles. The van der Waals surface area contributed by atoms with Crippen LogP contribution >= 0.6 is 34.8 Å². The number of halogens is 6. The lowest BCUT2D eigenvalue weighted by atomic mass is 9.87. The third-order valence-corrected chi connectivity index (χ3v) is 10.3. The second kappa shape index (κ2) is 17.3. The Kier molecular flexibility index (Phi) is 14.2. The standard InChI is InChI=1S/C20H22ClF3N2O.C19H22Cl2N2O/c1-19(2,26(3)4)17(13-9-6-5-7-10-13)25-18(27)14-11-8-12-15(16(14)21)20(22,23)24;1-19(2,23(3)4)17(13-9-6-5-7-10-13)22-18(24)16-14(20)11-8-12-15(16)21/h5-12,17H,1-4H3,(H,25,27);5-12,17H,1-4H3,(H,22,24). The van der Waals surface area contributed by atoms with Crippen molar-refractivity contribution in [2.75, 3.05) is 28.2 Å². The number of hydrogen-bond acceptors (Lipinski definition) is 4. The molecule has 12 heteroatoms. The SMILES string of the molecule is CN(C)C(C)(C)C(NC(=O)c1c(Cl)cccc1Cl)c1ccccc1.CN(C)C(C)(C)C(NC(=O)c1cccc(C(F)(F)F)c1Cl)c1ccccc1. The van der Waals surface area contributed by atoms with Crippen LogP contribution in [0, 0.1) is 0 Å². The van der Waals surface area contributed by atoms with Crippen molar-refractivity contribution in [2.45, 2.75) is 57.0 Å². The molecule has 0 saturated heterocycles. The maximum absolute atomic E-state index is 13.1. The molecule has 4 aromatic rings. The van der Waals surface area contributed by atoms with E-state index >= 15 is 0 Å². The average molecular weight is 764 g/mol. The van der Waals surface area contributed by atoms with Gasteiger partial charge in [0.2, 0.25) is 0 Å². The third-order valence-electron chi connectivity index (χ3n) is 9.27. The van der Waals surface area contributed by atoms with Crippen molar-refractivity contribution in [3.05, 3.63) is 140 Å². The fourth-order valence-corrected chi connectivity index (χ4v) is 6.08. The molecular weight excluding hydrogens is 720 g/mol. The summed E-state index contributed by atoms with van der Waals surface area (Å²) in [5.74, 6) is -0.941. The molecule has 0 spiro atoms. The normalized spacial score (nSPS) is 13.3. The number of hydrogen-bond donors (Lipinski definition) is 2. The van der Waals surface area contributed by atoms with Gasteiger partial charge in [-0.3, -0.25) is 9.59 Å². The number of amides is 2. The van der Waals surface area contributed by atoms with Crippen LogP contribution < -0.4 is 10.6 Å². The van der Waals surface area contributed by atoms with Gasteiger partial charge in [-0.05, 0) is 91.3 Å². The Balaban J connectivity index is 0.000000277. The minimum absolute atomic E-state index is 0.207. The Labute approximate surface area is 313 Å². The highest BCUT2D eigenvalue weighted by atomic mass is 35.5. The van der Waals surface area contributed by atoms with E-state index in [9.17, 15) is 22.8 Å². The number of nitrogens with zero attached hydrogens (tertiary/aromatic N) is 2.